The van der Waals surface area contributed by atoms with Gasteiger partial charge in [-0.25, -0.2) is 9.78 Å². The maximum absolute atomic E-state index is 12.5. The minimum absolute atomic E-state index is 0.243. The van der Waals surface area contributed by atoms with Crippen LogP contribution < -0.4 is 5.32 Å². The number of urea groups is 1. The van der Waals surface area contributed by atoms with E-state index in [0.717, 1.165) is 4.90 Å². The molecule has 0 aliphatic carbocycles. The number of hydrogen-bond donors (Lipinski definition) is 1. The third-order valence-electron chi connectivity index (χ3n) is 3.91. The van der Waals surface area contributed by atoms with E-state index in [1.807, 2.05) is 20.8 Å². The number of carbonyl (C=O) groups excluding carboxylic acids is 1. The topological polar surface area (TPSA) is 58.4 Å². The van der Waals surface area contributed by atoms with E-state index in [1.165, 1.54) is 0 Å². The number of halogens is 3. The first-order valence-electron chi connectivity index (χ1n) is 7.58. The van der Waals surface area contributed by atoms with Crippen LogP contribution in [0.4, 0.5) is 23.7 Å². The van der Waals surface area contributed by atoms with Gasteiger partial charge in [0.2, 0.25) is 5.89 Å². The van der Waals surface area contributed by atoms with Gasteiger partial charge in [-0.3, -0.25) is 0 Å². The van der Waals surface area contributed by atoms with Crippen molar-refractivity contribution in [2.75, 3.05) is 18.4 Å². The minimum atomic E-state index is -4.25. The second kappa shape index (κ2) is 5.39. The van der Waals surface area contributed by atoms with Crippen molar-refractivity contribution in [3.8, 4) is 0 Å². The van der Waals surface area contributed by atoms with Crippen LogP contribution in [-0.4, -0.2) is 35.2 Å². The average Bonchev–Trinajstić information content (AvgIpc) is 2.77. The quantitative estimate of drug-likeness (QED) is 0.848. The average molecular weight is 341 g/mol. The molecule has 0 saturated carbocycles. The summed E-state index contributed by atoms with van der Waals surface area (Å²) in [5.41, 5.74) is 1.41. The normalized spacial score (nSPS) is 16.3. The number of fused-ring (bicyclic) bond motifs is 1. The van der Waals surface area contributed by atoms with Gasteiger partial charge in [-0.1, -0.05) is 20.8 Å². The molecule has 1 fully saturated rings. The molecule has 5 nitrogen and oxygen atoms in total. The van der Waals surface area contributed by atoms with Gasteiger partial charge in [-0.05, 0) is 18.2 Å². The Morgan fingerprint density at radius 3 is 2.54 bits per heavy atom. The Hall–Kier alpha value is -2.25. The highest BCUT2D eigenvalue weighted by atomic mass is 19.4. The Kier molecular flexibility index (Phi) is 3.73. The number of nitrogens with zero attached hydrogens (tertiary/aromatic N) is 2. The molecule has 0 radical (unpaired) electrons. The molecule has 8 heteroatoms. The van der Waals surface area contributed by atoms with Crippen LogP contribution in [-0.2, 0) is 5.41 Å². The predicted molar refractivity (Wildman–Crippen MR) is 82.8 cm³/mol. The van der Waals surface area contributed by atoms with Crippen molar-refractivity contribution in [3.63, 3.8) is 0 Å². The lowest BCUT2D eigenvalue weighted by Crippen LogP contribution is -2.56. The molecule has 0 bridgehead atoms. The third-order valence-corrected chi connectivity index (χ3v) is 3.91. The Labute approximate surface area is 136 Å². The van der Waals surface area contributed by atoms with Gasteiger partial charge in [0.05, 0.1) is 5.92 Å². The summed E-state index contributed by atoms with van der Waals surface area (Å²) < 4.78 is 43.0. The first-order valence-corrected chi connectivity index (χ1v) is 7.58. The molecule has 24 heavy (non-hydrogen) atoms. The number of amides is 2. The number of anilines is 1. The van der Waals surface area contributed by atoms with Gasteiger partial charge in [0.1, 0.15) is 5.52 Å². The second-order valence-electron chi connectivity index (χ2n) is 7.03. The van der Waals surface area contributed by atoms with Crippen LogP contribution in [0.3, 0.4) is 0 Å². The summed E-state index contributed by atoms with van der Waals surface area (Å²) in [5.74, 6) is -0.854. The van der Waals surface area contributed by atoms with E-state index in [2.05, 4.69) is 10.3 Å². The van der Waals surface area contributed by atoms with Crippen molar-refractivity contribution in [1.29, 1.82) is 0 Å². The highest BCUT2D eigenvalue weighted by Crippen LogP contribution is 2.34. The summed E-state index contributed by atoms with van der Waals surface area (Å²) in [6.45, 7) is 5.30. The number of rotatable bonds is 1. The summed E-state index contributed by atoms with van der Waals surface area (Å²) in [6.07, 6.45) is -4.25. The summed E-state index contributed by atoms with van der Waals surface area (Å²) >= 11 is 0. The van der Waals surface area contributed by atoms with Gasteiger partial charge in [0.15, 0.2) is 5.58 Å². The zero-order valence-corrected chi connectivity index (χ0v) is 13.6. The van der Waals surface area contributed by atoms with Gasteiger partial charge in [0, 0.05) is 24.2 Å². The number of likely N-dealkylation sites (tertiary alicyclic amines) is 1. The van der Waals surface area contributed by atoms with Crippen molar-refractivity contribution in [2.45, 2.75) is 32.4 Å². The molecule has 0 atom stereocenters. The van der Waals surface area contributed by atoms with E-state index in [-0.39, 0.29) is 18.5 Å². The molecule has 1 aromatic heterocycles. The molecule has 0 spiro atoms. The summed E-state index contributed by atoms with van der Waals surface area (Å²) in [4.78, 5) is 17.5. The summed E-state index contributed by atoms with van der Waals surface area (Å²) in [7, 11) is 0. The standard InChI is InChI=1S/C16H18F3N3O2/c1-15(2,3)13-21-11-6-10(4-5-12(11)24-13)20-14(23)22-7-9(8-22)16(17,18)19/h4-6,9H,7-8H2,1-3H3,(H,20,23). The number of hydrogen-bond acceptors (Lipinski definition) is 3. The van der Waals surface area contributed by atoms with Crippen molar-refractivity contribution in [1.82, 2.24) is 9.88 Å². The molecule has 130 valence electrons. The van der Waals surface area contributed by atoms with E-state index in [0.29, 0.717) is 22.7 Å². The molecular formula is C16H18F3N3O2. The SMILES string of the molecule is CC(C)(C)c1nc2cc(NC(=O)N3CC(C(F)(F)F)C3)ccc2o1. The maximum atomic E-state index is 12.5. The third kappa shape index (κ3) is 3.18. The first-order chi connectivity index (χ1) is 11.0. The van der Waals surface area contributed by atoms with Gasteiger partial charge in [-0.15, -0.1) is 0 Å². The summed E-state index contributed by atoms with van der Waals surface area (Å²) in [5, 5.41) is 2.59. The van der Waals surface area contributed by atoms with Crippen molar-refractivity contribution < 1.29 is 22.4 Å². The highest BCUT2D eigenvalue weighted by molar-refractivity contribution is 5.92. The van der Waals surface area contributed by atoms with Crippen LogP contribution in [0.25, 0.3) is 11.1 Å². The lowest BCUT2D eigenvalue weighted by atomic mass is 9.97. The molecule has 1 aliphatic heterocycles. The second-order valence-corrected chi connectivity index (χ2v) is 7.03. The summed E-state index contributed by atoms with van der Waals surface area (Å²) in [6, 6.07) is 4.42. The van der Waals surface area contributed by atoms with Crippen LogP contribution in [0.2, 0.25) is 0 Å². The molecule has 1 aliphatic rings. The largest absolute Gasteiger partial charge is 0.440 e. The molecule has 2 aromatic rings. The zero-order chi connectivity index (χ0) is 17.7. The Bertz CT molecular complexity index is 771. The van der Waals surface area contributed by atoms with E-state index < -0.39 is 18.1 Å². The Morgan fingerprint density at radius 1 is 1.29 bits per heavy atom. The van der Waals surface area contributed by atoms with Gasteiger partial charge >= 0.3 is 12.2 Å². The number of benzene rings is 1. The van der Waals surface area contributed by atoms with Crippen LogP contribution in [0.15, 0.2) is 22.6 Å². The number of nitrogens with one attached hydrogen (secondary N) is 1. The predicted octanol–water partition coefficient (Wildman–Crippen LogP) is 4.15. The van der Waals surface area contributed by atoms with E-state index >= 15 is 0 Å². The molecule has 1 aromatic carbocycles. The van der Waals surface area contributed by atoms with E-state index in [4.69, 9.17) is 4.42 Å². The number of carbonyl (C=O) groups is 1. The van der Waals surface area contributed by atoms with Crippen molar-refractivity contribution in [2.24, 2.45) is 5.92 Å². The lowest BCUT2D eigenvalue weighted by molar-refractivity contribution is -0.201. The fraction of sp³-hybridized carbons (Fsp3) is 0.500. The molecular weight excluding hydrogens is 323 g/mol. The van der Waals surface area contributed by atoms with E-state index in [9.17, 15) is 18.0 Å². The van der Waals surface area contributed by atoms with Crippen molar-refractivity contribution >= 4 is 22.8 Å². The first kappa shape index (κ1) is 16.6. The smallest absolute Gasteiger partial charge is 0.395 e. The van der Waals surface area contributed by atoms with Crippen LogP contribution >= 0.6 is 0 Å². The maximum Gasteiger partial charge on any atom is 0.395 e. The van der Waals surface area contributed by atoms with Crippen LogP contribution in [0, 0.1) is 5.92 Å². The molecule has 0 unspecified atom stereocenters. The Balaban J connectivity index is 1.69. The van der Waals surface area contributed by atoms with Crippen molar-refractivity contribution in [3.05, 3.63) is 24.1 Å². The Morgan fingerprint density at radius 2 is 1.96 bits per heavy atom. The molecule has 2 amide bonds. The zero-order valence-electron chi connectivity index (χ0n) is 13.6. The van der Waals surface area contributed by atoms with Gasteiger partial charge < -0.3 is 14.6 Å². The van der Waals surface area contributed by atoms with Crippen LogP contribution in [0.5, 0.6) is 0 Å². The van der Waals surface area contributed by atoms with Gasteiger partial charge in [-0.2, -0.15) is 13.2 Å². The fourth-order valence-electron chi connectivity index (χ4n) is 2.38. The minimum Gasteiger partial charge on any atom is -0.440 e. The number of oxazole rings is 1. The number of aromatic nitrogens is 1. The monoisotopic (exact) mass is 341 g/mol. The fourth-order valence-corrected chi connectivity index (χ4v) is 2.38. The number of alkyl halides is 3. The van der Waals surface area contributed by atoms with Crippen LogP contribution in [0.1, 0.15) is 26.7 Å². The molecule has 1 saturated heterocycles. The van der Waals surface area contributed by atoms with E-state index in [1.54, 1.807) is 18.2 Å². The highest BCUT2D eigenvalue weighted by Gasteiger charge is 2.48. The van der Waals surface area contributed by atoms with Gasteiger partial charge in [0.25, 0.3) is 0 Å². The molecule has 1 N–H and O–H groups in total. The lowest BCUT2D eigenvalue weighted by Gasteiger charge is -2.39. The molecule has 3 rings (SSSR count). The molecule has 2 heterocycles.